The molecule has 2 aliphatic rings. The Labute approximate surface area is 62.6 Å². The van der Waals surface area contributed by atoms with Crippen LogP contribution < -0.4 is 0 Å². The van der Waals surface area contributed by atoms with Gasteiger partial charge in [0.05, 0.1) is 0 Å². The predicted octanol–water partition coefficient (Wildman–Crippen LogP) is 3.06. The Kier molecular flexibility index (Phi) is 1.23. The SMILES string of the molecule is CC12CC=CC=C1CCC2. The molecule has 0 aliphatic heterocycles. The lowest BCUT2D eigenvalue weighted by molar-refractivity contribution is 0.412. The molecule has 1 fully saturated rings. The highest BCUT2D eigenvalue weighted by atomic mass is 14.4. The molecule has 1 unspecified atom stereocenters. The molecule has 1 atom stereocenters. The van der Waals surface area contributed by atoms with Crippen molar-refractivity contribution in [2.75, 3.05) is 0 Å². The number of allylic oxidation sites excluding steroid dienone is 4. The van der Waals surface area contributed by atoms with Crippen LogP contribution in [0.1, 0.15) is 32.6 Å². The molecule has 0 heteroatoms. The van der Waals surface area contributed by atoms with Gasteiger partial charge in [0.2, 0.25) is 0 Å². The minimum Gasteiger partial charge on any atom is -0.0837 e. The topological polar surface area (TPSA) is 0 Å². The number of hydrogen-bond donors (Lipinski definition) is 0. The van der Waals surface area contributed by atoms with Crippen molar-refractivity contribution in [3.05, 3.63) is 23.8 Å². The molecule has 0 aromatic rings. The highest BCUT2D eigenvalue weighted by Gasteiger charge is 2.32. The number of hydrogen-bond acceptors (Lipinski definition) is 0. The fourth-order valence-corrected chi connectivity index (χ4v) is 2.16. The van der Waals surface area contributed by atoms with Crippen molar-refractivity contribution in [1.82, 2.24) is 0 Å². The van der Waals surface area contributed by atoms with Crippen molar-refractivity contribution < 1.29 is 0 Å². The van der Waals surface area contributed by atoms with E-state index in [2.05, 4.69) is 25.2 Å². The van der Waals surface area contributed by atoms with Gasteiger partial charge in [-0.05, 0) is 31.1 Å². The van der Waals surface area contributed by atoms with E-state index in [1.807, 2.05) is 0 Å². The first-order chi connectivity index (χ1) is 4.81. The fraction of sp³-hybridized carbons (Fsp3) is 0.600. The Balaban J connectivity index is 2.34. The third-order valence-corrected chi connectivity index (χ3v) is 2.95. The molecule has 10 heavy (non-hydrogen) atoms. The Morgan fingerprint density at radius 3 is 3.20 bits per heavy atom. The van der Waals surface area contributed by atoms with Gasteiger partial charge in [-0.2, -0.15) is 0 Å². The van der Waals surface area contributed by atoms with Gasteiger partial charge in [0, 0.05) is 0 Å². The molecule has 0 radical (unpaired) electrons. The van der Waals surface area contributed by atoms with Gasteiger partial charge in [-0.1, -0.05) is 30.7 Å². The average Bonchev–Trinajstić information content (AvgIpc) is 2.29. The van der Waals surface area contributed by atoms with Crippen LogP contribution >= 0.6 is 0 Å². The molecule has 2 rings (SSSR count). The Hall–Kier alpha value is -0.520. The maximum absolute atomic E-state index is 2.40. The second kappa shape index (κ2) is 1.98. The Bertz CT molecular complexity index is 198. The summed E-state index contributed by atoms with van der Waals surface area (Å²) in [7, 11) is 0. The molecule has 0 saturated heterocycles. The zero-order chi connectivity index (χ0) is 7.03. The van der Waals surface area contributed by atoms with Crippen molar-refractivity contribution in [1.29, 1.82) is 0 Å². The molecular formula is C10H14. The van der Waals surface area contributed by atoms with E-state index >= 15 is 0 Å². The van der Waals surface area contributed by atoms with E-state index < -0.39 is 0 Å². The van der Waals surface area contributed by atoms with E-state index in [1.165, 1.54) is 25.7 Å². The van der Waals surface area contributed by atoms with Gasteiger partial charge in [-0.25, -0.2) is 0 Å². The molecule has 54 valence electrons. The van der Waals surface area contributed by atoms with Gasteiger partial charge < -0.3 is 0 Å². The zero-order valence-electron chi connectivity index (χ0n) is 6.56. The van der Waals surface area contributed by atoms with Crippen LogP contribution in [-0.4, -0.2) is 0 Å². The summed E-state index contributed by atoms with van der Waals surface area (Å²) in [5.74, 6) is 0. The van der Waals surface area contributed by atoms with Gasteiger partial charge in [0.1, 0.15) is 0 Å². The van der Waals surface area contributed by atoms with Gasteiger partial charge in [-0.15, -0.1) is 0 Å². The van der Waals surface area contributed by atoms with Gasteiger partial charge in [0.25, 0.3) is 0 Å². The average molecular weight is 134 g/mol. The lowest BCUT2D eigenvalue weighted by atomic mass is 9.79. The molecule has 0 N–H and O–H groups in total. The molecule has 0 bridgehead atoms. The minimum absolute atomic E-state index is 0.564. The monoisotopic (exact) mass is 134 g/mol. The van der Waals surface area contributed by atoms with Crippen LogP contribution in [0.5, 0.6) is 0 Å². The molecule has 0 nitrogen and oxygen atoms in total. The highest BCUT2D eigenvalue weighted by Crippen LogP contribution is 2.46. The zero-order valence-corrected chi connectivity index (χ0v) is 6.56. The van der Waals surface area contributed by atoms with Crippen LogP contribution in [-0.2, 0) is 0 Å². The quantitative estimate of drug-likeness (QED) is 0.477. The lowest BCUT2D eigenvalue weighted by Gasteiger charge is -2.26. The fourth-order valence-electron chi connectivity index (χ4n) is 2.16. The summed E-state index contributed by atoms with van der Waals surface area (Å²) in [4.78, 5) is 0. The maximum Gasteiger partial charge on any atom is -0.00786 e. The second-order valence-electron chi connectivity index (χ2n) is 3.74. The first kappa shape index (κ1) is 6.21. The van der Waals surface area contributed by atoms with Crippen molar-refractivity contribution in [2.45, 2.75) is 32.6 Å². The molecule has 0 aromatic heterocycles. The van der Waals surface area contributed by atoms with E-state index in [-0.39, 0.29) is 0 Å². The van der Waals surface area contributed by atoms with E-state index in [0.717, 1.165) is 0 Å². The lowest BCUT2D eigenvalue weighted by Crippen LogP contribution is -2.13. The molecule has 0 aromatic carbocycles. The molecule has 0 spiro atoms. The summed E-state index contributed by atoms with van der Waals surface area (Å²) < 4.78 is 0. The van der Waals surface area contributed by atoms with Crippen LogP contribution in [0.2, 0.25) is 0 Å². The summed E-state index contributed by atoms with van der Waals surface area (Å²) in [5, 5.41) is 0. The Morgan fingerprint density at radius 2 is 2.40 bits per heavy atom. The van der Waals surface area contributed by atoms with E-state index in [1.54, 1.807) is 5.57 Å². The molecule has 0 amide bonds. The standard InChI is InChI=1S/C10H14/c1-10-7-3-2-5-9(10)6-4-8-10/h2-3,5H,4,6-8H2,1H3. The first-order valence-electron chi connectivity index (χ1n) is 4.17. The molecule has 2 aliphatic carbocycles. The van der Waals surface area contributed by atoms with E-state index in [9.17, 15) is 0 Å². The van der Waals surface area contributed by atoms with Crippen LogP contribution in [0.15, 0.2) is 23.8 Å². The smallest absolute Gasteiger partial charge is 0.00786 e. The molecule has 1 saturated carbocycles. The first-order valence-corrected chi connectivity index (χ1v) is 4.17. The highest BCUT2D eigenvalue weighted by molar-refractivity contribution is 5.28. The van der Waals surface area contributed by atoms with Crippen molar-refractivity contribution in [2.24, 2.45) is 5.41 Å². The van der Waals surface area contributed by atoms with Crippen LogP contribution in [0, 0.1) is 5.41 Å². The van der Waals surface area contributed by atoms with Crippen LogP contribution in [0.25, 0.3) is 0 Å². The number of rotatable bonds is 0. The molecule has 0 heterocycles. The number of fused-ring (bicyclic) bond motifs is 1. The normalized spacial score (nSPS) is 37.5. The summed E-state index contributed by atoms with van der Waals surface area (Å²) in [6, 6.07) is 0. The summed E-state index contributed by atoms with van der Waals surface area (Å²) in [5.41, 5.74) is 2.25. The Morgan fingerprint density at radius 1 is 1.50 bits per heavy atom. The van der Waals surface area contributed by atoms with Gasteiger partial charge in [-0.3, -0.25) is 0 Å². The van der Waals surface area contributed by atoms with E-state index in [4.69, 9.17) is 0 Å². The maximum atomic E-state index is 2.40. The van der Waals surface area contributed by atoms with E-state index in [0.29, 0.717) is 5.41 Å². The molecular weight excluding hydrogens is 120 g/mol. The largest absolute Gasteiger partial charge is 0.0837 e. The summed E-state index contributed by atoms with van der Waals surface area (Å²) in [6.07, 6.45) is 12.3. The van der Waals surface area contributed by atoms with Crippen molar-refractivity contribution >= 4 is 0 Å². The van der Waals surface area contributed by atoms with Gasteiger partial charge >= 0.3 is 0 Å². The summed E-state index contributed by atoms with van der Waals surface area (Å²) in [6.45, 7) is 2.40. The van der Waals surface area contributed by atoms with Gasteiger partial charge in [0.15, 0.2) is 0 Å². The third-order valence-electron chi connectivity index (χ3n) is 2.95. The minimum atomic E-state index is 0.564. The van der Waals surface area contributed by atoms with Crippen LogP contribution in [0.4, 0.5) is 0 Å². The third kappa shape index (κ3) is 0.749. The van der Waals surface area contributed by atoms with Crippen molar-refractivity contribution in [3.63, 3.8) is 0 Å². The van der Waals surface area contributed by atoms with Crippen molar-refractivity contribution in [3.8, 4) is 0 Å². The summed E-state index contributed by atoms with van der Waals surface area (Å²) >= 11 is 0. The second-order valence-corrected chi connectivity index (χ2v) is 3.74. The predicted molar refractivity (Wildman–Crippen MR) is 43.8 cm³/mol. The van der Waals surface area contributed by atoms with Crippen LogP contribution in [0.3, 0.4) is 0 Å².